The minimum atomic E-state index is -3.11. The fourth-order valence-electron chi connectivity index (χ4n) is 3.82. The van der Waals surface area contributed by atoms with Crippen LogP contribution in [0.15, 0.2) is 30.3 Å². The van der Waals surface area contributed by atoms with Crippen LogP contribution >= 0.6 is 0 Å². The maximum Gasteiger partial charge on any atom is 0.387 e. The van der Waals surface area contributed by atoms with Gasteiger partial charge in [0.15, 0.2) is 23.0 Å². The number of rotatable bonds is 10. The van der Waals surface area contributed by atoms with Gasteiger partial charge in [0.05, 0.1) is 32.3 Å². The summed E-state index contributed by atoms with van der Waals surface area (Å²) in [6.45, 7) is 0.859. The molecule has 1 fully saturated rings. The van der Waals surface area contributed by atoms with Gasteiger partial charge in [-0.05, 0) is 23.8 Å². The molecular formula is C22H27F2N3O6. The van der Waals surface area contributed by atoms with Crippen LogP contribution in [0.3, 0.4) is 0 Å². The summed E-state index contributed by atoms with van der Waals surface area (Å²) in [5, 5.41) is 11.5. The Bertz CT molecular complexity index is 967. The lowest BCUT2D eigenvalue weighted by atomic mass is 10.1. The van der Waals surface area contributed by atoms with Crippen molar-refractivity contribution in [3.05, 3.63) is 51.6 Å². The molecule has 0 aliphatic carbocycles. The van der Waals surface area contributed by atoms with Crippen molar-refractivity contribution in [2.75, 3.05) is 47.5 Å². The summed E-state index contributed by atoms with van der Waals surface area (Å²) in [6, 6.07) is 8.20. The molecule has 0 radical (unpaired) electrons. The topological polar surface area (TPSA) is 86.5 Å². The Morgan fingerprint density at radius 3 is 2.00 bits per heavy atom. The van der Waals surface area contributed by atoms with Crippen molar-refractivity contribution >= 4 is 5.69 Å². The Hall–Kier alpha value is -3.18. The number of methoxy groups -OCH3 is 3. The van der Waals surface area contributed by atoms with Crippen molar-refractivity contribution in [1.29, 1.82) is 0 Å². The van der Waals surface area contributed by atoms with Gasteiger partial charge in [0.25, 0.3) is 5.69 Å². The Balaban J connectivity index is 1.65. The third-order valence-electron chi connectivity index (χ3n) is 5.49. The fourth-order valence-corrected chi connectivity index (χ4v) is 3.82. The van der Waals surface area contributed by atoms with Crippen LogP contribution in [0.4, 0.5) is 14.5 Å². The van der Waals surface area contributed by atoms with Crippen LogP contribution in [-0.4, -0.2) is 68.8 Å². The maximum atomic E-state index is 12.6. The summed E-state index contributed by atoms with van der Waals surface area (Å²) < 4.78 is 45.4. The summed E-state index contributed by atoms with van der Waals surface area (Å²) in [5.74, 6) is 1.02. The summed E-state index contributed by atoms with van der Waals surface area (Å²) in [7, 11) is 4.49. The van der Waals surface area contributed by atoms with Crippen LogP contribution < -0.4 is 18.9 Å². The molecule has 0 atom stereocenters. The normalized spacial score (nSPS) is 14.8. The van der Waals surface area contributed by atoms with Crippen molar-refractivity contribution in [1.82, 2.24) is 9.80 Å². The fraction of sp³-hybridized carbons (Fsp3) is 0.455. The Morgan fingerprint density at radius 1 is 0.879 bits per heavy atom. The van der Waals surface area contributed by atoms with E-state index in [4.69, 9.17) is 14.2 Å². The number of piperazine rings is 1. The second-order valence-corrected chi connectivity index (χ2v) is 7.51. The zero-order valence-electron chi connectivity index (χ0n) is 18.8. The van der Waals surface area contributed by atoms with Crippen LogP contribution in [0.25, 0.3) is 0 Å². The Morgan fingerprint density at radius 2 is 1.45 bits per heavy atom. The van der Waals surface area contributed by atoms with E-state index in [2.05, 4.69) is 14.5 Å². The lowest BCUT2D eigenvalue weighted by Crippen LogP contribution is -2.45. The summed E-state index contributed by atoms with van der Waals surface area (Å²) in [5.41, 5.74) is 1.20. The highest BCUT2D eigenvalue weighted by Gasteiger charge is 2.25. The minimum absolute atomic E-state index is 0.0305. The van der Waals surface area contributed by atoms with Gasteiger partial charge in [0.2, 0.25) is 0 Å². The van der Waals surface area contributed by atoms with E-state index in [9.17, 15) is 18.9 Å². The molecule has 0 saturated carbocycles. The third kappa shape index (κ3) is 6.20. The quantitative estimate of drug-likeness (QED) is 0.388. The smallest absolute Gasteiger partial charge is 0.387 e. The number of nitrogens with zero attached hydrogens (tertiary/aromatic N) is 3. The second-order valence-electron chi connectivity index (χ2n) is 7.51. The van der Waals surface area contributed by atoms with E-state index in [1.54, 1.807) is 14.2 Å². The molecule has 0 bridgehead atoms. The number of nitro groups is 1. The monoisotopic (exact) mass is 467 g/mol. The molecule has 0 N–H and O–H groups in total. The predicted octanol–water partition coefficient (Wildman–Crippen LogP) is 3.54. The van der Waals surface area contributed by atoms with Crippen LogP contribution in [0.1, 0.15) is 11.1 Å². The maximum absolute atomic E-state index is 12.6. The molecule has 0 spiro atoms. The SMILES string of the molecule is COc1ccc(CN2CCN(Cc3cc(OC)c(OC(F)F)cc3[N+](=O)[O-])CC2)cc1OC. The molecule has 2 aromatic carbocycles. The highest BCUT2D eigenvalue weighted by molar-refractivity contribution is 5.54. The molecule has 0 unspecified atom stereocenters. The average molecular weight is 467 g/mol. The lowest BCUT2D eigenvalue weighted by Gasteiger charge is -2.34. The van der Waals surface area contributed by atoms with Gasteiger partial charge in [-0.15, -0.1) is 0 Å². The largest absolute Gasteiger partial charge is 0.493 e. The first kappa shape index (κ1) is 24.5. The van der Waals surface area contributed by atoms with E-state index in [0.717, 1.165) is 31.3 Å². The van der Waals surface area contributed by atoms with Crippen molar-refractivity contribution in [2.45, 2.75) is 19.7 Å². The minimum Gasteiger partial charge on any atom is -0.493 e. The van der Waals surface area contributed by atoms with E-state index >= 15 is 0 Å². The molecule has 3 rings (SSSR count). The van der Waals surface area contributed by atoms with E-state index in [0.29, 0.717) is 36.7 Å². The molecule has 2 aromatic rings. The molecule has 0 amide bonds. The number of ether oxygens (including phenoxy) is 4. The van der Waals surface area contributed by atoms with Gasteiger partial charge in [-0.2, -0.15) is 8.78 Å². The number of hydrogen-bond acceptors (Lipinski definition) is 8. The molecular weight excluding hydrogens is 440 g/mol. The molecule has 1 aliphatic heterocycles. The zero-order valence-corrected chi connectivity index (χ0v) is 18.8. The van der Waals surface area contributed by atoms with Crippen LogP contribution in [-0.2, 0) is 13.1 Å². The highest BCUT2D eigenvalue weighted by Crippen LogP contribution is 2.36. The van der Waals surface area contributed by atoms with Gasteiger partial charge in [0, 0.05) is 44.8 Å². The molecule has 0 aromatic heterocycles. The van der Waals surface area contributed by atoms with Gasteiger partial charge in [-0.3, -0.25) is 19.9 Å². The number of halogens is 2. The van der Waals surface area contributed by atoms with Gasteiger partial charge >= 0.3 is 6.61 Å². The molecule has 9 nitrogen and oxygen atoms in total. The average Bonchev–Trinajstić information content (AvgIpc) is 2.80. The van der Waals surface area contributed by atoms with Crippen molar-refractivity contribution in [2.24, 2.45) is 0 Å². The lowest BCUT2D eigenvalue weighted by molar-refractivity contribution is -0.385. The van der Waals surface area contributed by atoms with E-state index in [1.807, 2.05) is 18.2 Å². The summed E-state index contributed by atoms with van der Waals surface area (Å²) >= 11 is 0. The van der Waals surface area contributed by atoms with Crippen LogP contribution in [0, 0.1) is 10.1 Å². The molecule has 1 saturated heterocycles. The standard InChI is InChI=1S/C22H27F2N3O6/c1-30-18-5-4-15(10-19(18)31-2)13-25-6-8-26(9-7-25)14-16-11-20(32-3)21(33-22(23)24)12-17(16)27(28)29/h4-5,10-12,22H,6-9,13-14H2,1-3H3. The van der Waals surface area contributed by atoms with Gasteiger partial charge in [0.1, 0.15) is 0 Å². The van der Waals surface area contributed by atoms with Crippen molar-refractivity contribution in [3.8, 4) is 23.0 Å². The third-order valence-corrected chi connectivity index (χ3v) is 5.49. The number of benzene rings is 2. The summed E-state index contributed by atoms with van der Waals surface area (Å²) in [6.07, 6.45) is 0. The molecule has 1 heterocycles. The molecule has 11 heteroatoms. The Kier molecular flexibility index (Phi) is 8.23. The number of alkyl halides is 2. The highest BCUT2D eigenvalue weighted by atomic mass is 19.3. The van der Waals surface area contributed by atoms with Gasteiger partial charge in [-0.1, -0.05) is 6.07 Å². The van der Waals surface area contributed by atoms with Crippen molar-refractivity contribution < 1.29 is 32.7 Å². The van der Waals surface area contributed by atoms with Crippen molar-refractivity contribution in [3.63, 3.8) is 0 Å². The Labute approximate surface area is 190 Å². The van der Waals surface area contributed by atoms with Crippen LogP contribution in [0.5, 0.6) is 23.0 Å². The van der Waals surface area contributed by atoms with E-state index < -0.39 is 11.5 Å². The first-order valence-electron chi connectivity index (χ1n) is 10.3. The predicted molar refractivity (Wildman–Crippen MR) is 116 cm³/mol. The van der Waals surface area contributed by atoms with Gasteiger partial charge in [-0.25, -0.2) is 0 Å². The first-order chi connectivity index (χ1) is 15.8. The number of hydrogen-bond donors (Lipinski definition) is 0. The first-order valence-corrected chi connectivity index (χ1v) is 10.3. The van der Waals surface area contributed by atoms with Crippen LogP contribution in [0.2, 0.25) is 0 Å². The van der Waals surface area contributed by atoms with E-state index in [1.165, 1.54) is 13.2 Å². The zero-order chi connectivity index (χ0) is 24.0. The second kappa shape index (κ2) is 11.1. The molecule has 33 heavy (non-hydrogen) atoms. The van der Waals surface area contributed by atoms with E-state index in [-0.39, 0.29) is 17.2 Å². The molecule has 1 aliphatic rings. The summed E-state index contributed by atoms with van der Waals surface area (Å²) in [4.78, 5) is 15.3. The number of nitro benzene ring substituents is 1. The van der Waals surface area contributed by atoms with Gasteiger partial charge < -0.3 is 18.9 Å². The molecule has 180 valence electrons.